The van der Waals surface area contributed by atoms with Crippen molar-refractivity contribution in [2.75, 3.05) is 0 Å². The first kappa shape index (κ1) is 12.5. The third-order valence-corrected chi connectivity index (χ3v) is 2.64. The summed E-state index contributed by atoms with van der Waals surface area (Å²) in [4.78, 5) is 7.82. The summed E-state index contributed by atoms with van der Waals surface area (Å²) in [6.45, 7) is 0. The van der Waals surface area contributed by atoms with Gasteiger partial charge < -0.3 is 0 Å². The molecule has 0 bridgehead atoms. The summed E-state index contributed by atoms with van der Waals surface area (Å²) in [5.41, 5.74) is -0.169. The summed E-state index contributed by atoms with van der Waals surface area (Å²) in [6, 6.07) is 3.47. The zero-order valence-corrected chi connectivity index (χ0v) is 9.76. The molecule has 3 rings (SSSR count). The van der Waals surface area contributed by atoms with E-state index < -0.39 is 17.6 Å². The van der Waals surface area contributed by atoms with Crippen LogP contribution in [-0.2, 0) is 6.18 Å². The minimum absolute atomic E-state index is 0.0425. The lowest BCUT2D eigenvalue weighted by Crippen LogP contribution is -2.06. The third-order valence-electron chi connectivity index (χ3n) is 2.64. The normalized spacial score (nSPS) is 12.0. The minimum atomic E-state index is -4.48. The monoisotopic (exact) mass is 282 g/mol. The van der Waals surface area contributed by atoms with Crippen molar-refractivity contribution in [3.63, 3.8) is 0 Å². The summed E-state index contributed by atoms with van der Waals surface area (Å²) in [6.07, 6.45) is -1.32. The van der Waals surface area contributed by atoms with Gasteiger partial charge in [0.05, 0.1) is 29.8 Å². The first-order valence-electron chi connectivity index (χ1n) is 5.48. The Balaban J connectivity index is 2.09. The second-order valence-corrected chi connectivity index (χ2v) is 4.03. The molecular weight excluding hydrogens is 276 g/mol. The van der Waals surface area contributed by atoms with E-state index >= 15 is 0 Å². The topological polar surface area (TPSA) is 43.1 Å². The first-order valence-corrected chi connectivity index (χ1v) is 5.48. The molecule has 0 N–H and O–H groups in total. The highest BCUT2D eigenvalue weighted by Crippen LogP contribution is 2.29. The number of imidazole rings is 1. The number of fused-ring (bicyclic) bond motifs is 1. The molecule has 0 aliphatic heterocycles. The average molecular weight is 282 g/mol. The summed E-state index contributed by atoms with van der Waals surface area (Å²) >= 11 is 0. The number of halogens is 4. The molecule has 0 aliphatic carbocycles. The van der Waals surface area contributed by atoms with Crippen LogP contribution in [-0.4, -0.2) is 19.6 Å². The van der Waals surface area contributed by atoms with E-state index in [0.29, 0.717) is 11.4 Å². The van der Waals surface area contributed by atoms with Crippen LogP contribution in [0.4, 0.5) is 17.6 Å². The van der Waals surface area contributed by atoms with Gasteiger partial charge in [-0.15, -0.1) is 0 Å². The Morgan fingerprint density at radius 1 is 1.05 bits per heavy atom. The van der Waals surface area contributed by atoms with Gasteiger partial charge in [0.2, 0.25) is 0 Å². The fourth-order valence-corrected chi connectivity index (χ4v) is 1.68. The predicted molar refractivity (Wildman–Crippen MR) is 61.2 cm³/mol. The molecule has 102 valence electrons. The van der Waals surface area contributed by atoms with E-state index in [1.54, 1.807) is 0 Å². The highest BCUT2D eigenvalue weighted by molar-refractivity contribution is 5.58. The second kappa shape index (κ2) is 4.26. The van der Waals surface area contributed by atoms with Crippen LogP contribution in [0.1, 0.15) is 5.56 Å². The van der Waals surface area contributed by atoms with Crippen LogP contribution in [0.3, 0.4) is 0 Å². The Labute approximate surface area is 109 Å². The van der Waals surface area contributed by atoms with Crippen molar-refractivity contribution in [3.8, 4) is 11.4 Å². The molecule has 3 heterocycles. The van der Waals surface area contributed by atoms with Crippen molar-refractivity contribution < 1.29 is 17.6 Å². The van der Waals surface area contributed by atoms with Crippen molar-refractivity contribution in [2.24, 2.45) is 0 Å². The fourth-order valence-electron chi connectivity index (χ4n) is 1.68. The standard InChI is InChI=1S/C12H6F4N4/c13-8-1-2-9(17-5-8)10-6-20-11(19-10)3-7(4-18-20)12(14,15)16/h1-6H. The molecule has 8 heteroatoms. The van der Waals surface area contributed by atoms with Gasteiger partial charge in [0.25, 0.3) is 0 Å². The molecule has 0 saturated carbocycles. The number of hydrogen-bond donors (Lipinski definition) is 0. The van der Waals surface area contributed by atoms with Crippen molar-refractivity contribution >= 4 is 5.65 Å². The predicted octanol–water partition coefficient (Wildman–Crippen LogP) is 2.95. The number of pyridine rings is 1. The molecule has 3 aromatic rings. The quantitative estimate of drug-likeness (QED) is 0.644. The van der Waals surface area contributed by atoms with E-state index in [9.17, 15) is 17.6 Å². The zero-order chi connectivity index (χ0) is 14.3. The fraction of sp³-hybridized carbons (Fsp3) is 0.0833. The molecule has 20 heavy (non-hydrogen) atoms. The van der Waals surface area contributed by atoms with E-state index in [1.165, 1.54) is 22.8 Å². The molecular formula is C12H6F4N4. The minimum Gasteiger partial charge on any atom is -0.252 e. The maximum Gasteiger partial charge on any atom is 0.418 e. The molecule has 0 atom stereocenters. The van der Waals surface area contributed by atoms with Gasteiger partial charge in [-0.25, -0.2) is 13.9 Å². The number of hydrogen-bond acceptors (Lipinski definition) is 3. The van der Waals surface area contributed by atoms with Gasteiger partial charge in [-0.05, 0) is 18.2 Å². The number of rotatable bonds is 1. The van der Waals surface area contributed by atoms with Crippen LogP contribution in [0.5, 0.6) is 0 Å². The Kier molecular flexibility index (Phi) is 2.66. The van der Waals surface area contributed by atoms with Gasteiger partial charge in [-0.1, -0.05) is 0 Å². The molecule has 0 aliphatic rings. The van der Waals surface area contributed by atoms with Crippen LogP contribution in [0.25, 0.3) is 17.0 Å². The van der Waals surface area contributed by atoms with Crippen LogP contribution in [0.15, 0.2) is 36.8 Å². The Hall–Kier alpha value is -2.51. The highest BCUT2D eigenvalue weighted by atomic mass is 19.4. The number of aromatic nitrogens is 4. The summed E-state index contributed by atoms with van der Waals surface area (Å²) in [7, 11) is 0. The lowest BCUT2D eigenvalue weighted by Gasteiger charge is -2.04. The smallest absolute Gasteiger partial charge is 0.252 e. The van der Waals surface area contributed by atoms with Crippen LogP contribution < -0.4 is 0 Å². The van der Waals surface area contributed by atoms with E-state index in [1.807, 2.05) is 0 Å². The van der Waals surface area contributed by atoms with Gasteiger partial charge in [0, 0.05) is 0 Å². The molecule has 3 aromatic heterocycles. The largest absolute Gasteiger partial charge is 0.418 e. The summed E-state index contributed by atoms with van der Waals surface area (Å²) in [5.74, 6) is -0.505. The van der Waals surface area contributed by atoms with E-state index in [4.69, 9.17) is 0 Å². The van der Waals surface area contributed by atoms with Gasteiger partial charge in [0.15, 0.2) is 5.65 Å². The van der Waals surface area contributed by atoms with Crippen LogP contribution in [0, 0.1) is 5.82 Å². The van der Waals surface area contributed by atoms with Crippen molar-refractivity contribution in [1.29, 1.82) is 0 Å². The molecule has 4 nitrogen and oxygen atoms in total. The SMILES string of the molecule is Fc1ccc(-c2cn3ncc(C(F)(F)F)cc3n2)nc1. The number of nitrogens with zero attached hydrogens (tertiary/aromatic N) is 4. The van der Waals surface area contributed by atoms with Crippen molar-refractivity contribution in [1.82, 2.24) is 19.6 Å². The van der Waals surface area contributed by atoms with E-state index in [-0.39, 0.29) is 5.65 Å². The molecule has 0 fully saturated rings. The van der Waals surface area contributed by atoms with E-state index in [0.717, 1.165) is 18.5 Å². The van der Waals surface area contributed by atoms with Crippen molar-refractivity contribution in [2.45, 2.75) is 6.18 Å². The Morgan fingerprint density at radius 3 is 2.50 bits per heavy atom. The average Bonchev–Trinajstić information content (AvgIpc) is 2.81. The molecule has 0 radical (unpaired) electrons. The maximum absolute atomic E-state index is 12.8. The Bertz CT molecular complexity index is 761. The zero-order valence-electron chi connectivity index (χ0n) is 9.76. The lowest BCUT2D eigenvalue weighted by atomic mass is 10.3. The Morgan fingerprint density at radius 2 is 1.85 bits per heavy atom. The number of alkyl halides is 3. The van der Waals surface area contributed by atoms with Gasteiger partial charge in [-0.2, -0.15) is 18.3 Å². The molecule has 0 amide bonds. The summed E-state index contributed by atoms with van der Waals surface area (Å²) < 4.78 is 51.6. The molecule has 0 spiro atoms. The van der Waals surface area contributed by atoms with Gasteiger partial charge in [-0.3, -0.25) is 4.98 Å². The second-order valence-electron chi connectivity index (χ2n) is 4.03. The summed E-state index contributed by atoms with van der Waals surface area (Å²) in [5, 5.41) is 3.64. The lowest BCUT2D eigenvalue weighted by molar-refractivity contribution is -0.137. The highest BCUT2D eigenvalue weighted by Gasteiger charge is 2.31. The molecule has 0 saturated heterocycles. The molecule has 0 aromatic carbocycles. The van der Waals surface area contributed by atoms with Crippen molar-refractivity contribution in [3.05, 3.63) is 48.2 Å². The third kappa shape index (κ3) is 2.20. The van der Waals surface area contributed by atoms with Gasteiger partial charge >= 0.3 is 6.18 Å². The van der Waals surface area contributed by atoms with Crippen LogP contribution >= 0.6 is 0 Å². The van der Waals surface area contributed by atoms with E-state index in [2.05, 4.69) is 15.1 Å². The molecule has 0 unspecified atom stereocenters. The maximum atomic E-state index is 12.8. The van der Waals surface area contributed by atoms with Crippen LogP contribution in [0.2, 0.25) is 0 Å². The first-order chi connectivity index (χ1) is 9.43. The van der Waals surface area contributed by atoms with Gasteiger partial charge in [0.1, 0.15) is 11.5 Å².